The maximum Gasteiger partial charge on any atom is 0.310 e. The SMILES string of the molecule is COC(=O)Cc1cnn(-c2ccc(-c3cccnc3[SH]3SSS3)cc2)c1. The van der Waals surface area contributed by atoms with Gasteiger partial charge in [0.15, 0.2) is 0 Å². The van der Waals surface area contributed by atoms with E-state index in [2.05, 4.69) is 28.3 Å². The second-order valence-electron chi connectivity index (χ2n) is 5.44. The second kappa shape index (κ2) is 7.99. The van der Waals surface area contributed by atoms with E-state index < -0.39 is 0 Å². The molecule has 0 amide bonds. The number of methoxy groups -OCH3 is 1. The first-order chi connectivity index (χ1) is 12.7. The number of benzene rings is 1. The van der Waals surface area contributed by atoms with E-state index in [1.165, 1.54) is 17.7 Å². The number of pyridine rings is 1. The lowest BCUT2D eigenvalue weighted by molar-refractivity contribution is -0.139. The van der Waals surface area contributed by atoms with Crippen molar-refractivity contribution in [3.05, 3.63) is 60.6 Å². The maximum atomic E-state index is 11.4. The lowest BCUT2D eigenvalue weighted by atomic mass is 10.1. The first-order valence-electron chi connectivity index (χ1n) is 7.72. The molecule has 134 valence electrons. The number of aromatic nitrogens is 3. The largest absolute Gasteiger partial charge is 0.469 e. The van der Waals surface area contributed by atoms with E-state index in [0.29, 0.717) is 0 Å². The summed E-state index contributed by atoms with van der Waals surface area (Å²) in [4.78, 5) is 16.0. The van der Waals surface area contributed by atoms with Crippen LogP contribution in [0.25, 0.3) is 16.8 Å². The number of nitrogens with zero attached hydrogens (tertiary/aromatic N) is 3. The minimum absolute atomic E-state index is 0.227. The number of ether oxygens (including phenoxy) is 1. The van der Waals surface area contributed by atoms with E-state index in [1.807, 2.05) is 60.1 Å². The third-order valence-corrected chi connectivity index (χ3v) is 17.2. The van der Waals surface area contributed by atoms with Crippen LogP contribution in [0.4, 0.5) is 0 Å². The number of hydrogen-bond donors (Lipinski definition) is 1. The highest BCUT2D eigenvalue weighted by Gasteiger charge is 2.23. The summed E-state index contributed by atoms with van der Waals surface area (Å²) in [7, 11) is 6.76. The van der Waals surface area contributed by atoms with Crippen LogP contribution < -0.4 is 0 Å². The lowest BCUT2D eigenvalue weighted by Crippen LogP contribution is -2.03. The number of thiol groups is 1. The molecule has 5 nitrogen and oxygen atoms in total. The summed E-state index contributed by atoms with van der Waals surface area (Å²) in [6.07, 6.45) is 5.63. The molecule has 2 aromatic heterocycles. The van der Waals surface area contributed by atoms with Gasteiger partial charge in [-0.2, -0.15) is 5.10 Å². The molecule has 9 heteroatoms. The van der Waals surface area contributed by atoms with Crippen molar-refractivity contribution in [2.45, 2.75) is 11.4 Å². The molecule has 26 heavy (non-hydrogen) atoms. The Bertz CT molecular complexity index is 926. The van der Waals surface area contributed by atoms with Gasteiger partial charge in [-0.15, -0.1) is 0 Å². The van der Waals surface area contributed by atoms with Crippen LogP contribution in [0.3, 0.4) is 0 Å². The molecule has 4 rings (SSSR count). The van der Waals surface area contributed by atoms with Crippen molar-refractivity contribution in [2.24, 2.45) is 0 Å². The molecule has 0 radical (unpaired) electrons. The van der Waals surface area contributed by atoms with Gasteiger partial charge in [0.1, 0.15) is 5.03 Å². The van der Waals surface area contributed by atoms with Gasteiger partial charge in [-0.1, -0.05) is 27.2 Å². The third-order valence-electron chi connectivity index (χ3n) is 3.81. The zero-order valence-corrected chi connectivity index (χ0v) is 17.1. The molecule has 0 aliphatic carbocycles. The van der Waals surface area contributed by atoms with E-state index in [0.717, 1.165) is 16.8 Å². The Morgan fingerprint density at radius 1 is 1.23 bits per heavy atom. The second-order valence-corrected chi connectivity index (χ2v) is 14.9. The summed E-state index contributed by atoms with van der Waals surface area (Å²) in [5.41, 5.74) is 4.12. The zero-order chi connectivity index (χ0) is 17.9. The van der Waals surface area contributed by atoms with Crippen LogP contribution >= 0.6 is 38.4 Å². The smallest absolute Gasteiger partial charge is 0.310 e. The Morgan fingerprint density at radius 2 is 2.04 bits per heavy atom. The molecule has 1 aliphatic heterocycles. The Hall–Kier alpha value is -1.55. The van der Waals surface area contributed by atoms with Crippen LogP contribution in [0.5, 0.6) is 0 Å². The van der Waals surface area contributed by atoms with Gasteiger partial charge >= 0.3 is 5.97 Å². The van der Waals surface area contributed by atoms with E-state index in [4.69, 9.17) is 4.74 Å². The Balaban J connectivity index is 1.57. The van der Waals surface area contributed by atoms with Gasteiger partial charge in [0.2, 0.25) is 0 Å². The summed E-state index contributed by atoms with van der Waals surface area (Å²) in [6.45, 7) is 0. The summed E-state index contributed by atoms with van der Waals surface area (Å²) >= 11 is 0. The first kappa shape index (κ1) is 17.8. The van der Waals surface area contributed by atoms with E-state index in [-0.39, 0.29) is 21.3 Å². The molecule has 1 fully saturated rings. The lowest BCUT2D eigenvalue weighted by Gasteiger charge is -2.27. The fourth-order valence-corrected chi connectivity index (χ4v) is 10.7. The van der Waals surface area contributed by atoms with Crippen molar-refractivity contribution in [1.29, 1.82) is 0 Å². The van der Waals surface area contributed by atoms with Gasteiger partial charge in [0.05, 0.1) is 25.4 Å². The Kier molecular flexibility index (Phi) is 5.49. The quantitative estimate of drug-likeness (QED) is 0.358. The monoisotopic (exact) mass is 421 g/mol. The van der Waals surface area contributed by atoms with E-state index in [1.54, 1.807) is 10.9 Å². The van der Waals surface area contributed by atoms with Gasteiger partial charge in [0.25, 0.3) is 0 Å². The number of esters is 1. The summed E-state index contributed by atoms with van der Waals surface area (Å²) < 4.78 is 6.46. The standard InChI is InChI=1S/C17H15N3O2S4/c1-22-16(21)9-12-10-19-20(11-12)14-6-4-13(5-7-14)15-3-2-8-18-17(15)26-24-23-25-26/h2-8,10-11,26H,9H2,1H3. The Labute approximate surface area is 164 Å². The van der Waals surface area contributed by atoms with Gasteiger partial charge in [-0.25, -0.2) is 9.67 Å². The molecule has 0 bridgehead atoms. The van der Waals surface area contributed by atoms with Crippen LogP contribution in [0.2, 0.25) is 0 Å². The fourth-order valence-electron chi connectivity index (χ4n) is 2.52. The van der Waals surface area contributed by atoms with E-state index in [9.17, 15) is 4.79 Å². The third kappa shape index (κ3) is 3.75. The maximum absolute atomic E-state index is 11.4. The van der Waals surface area contributed by atoms with Gasteiger partial charge in [0, 0.05) is 23.5 Å². The van der Waals surface area contributed by atoms with Crippen LogP contribution in [0.15, 0.2) is 60.0 Å². The molecule has 0 saturated carbocycles. The highest BCUT2D eigenvalue weighted by Crippen LogP contribution is 2.80. The summed E-state index contributed by atoms with van der Waals surface area (Å²) in [5, 5.41) is 5.52. The van der Waals surface area contributed by atoms with Crippen molar-refractivity contribution in [3.8, 4) is 16.8 Å². The molecule has 1 saturated heterocycles. The molecule has 3 aromatic rings. The molecular weight excluding hydrogens is 406 g/mol. The topological polar surface area (TPSA) is 57.0 Å². The highest BCUT2D eigenvalue weighted by atomic mass is 34.1. The fraction of sp³-hybridized carbons (Fsp3) is 0.118. The molecule has 0 spiro atoms. The van der Waals surface area contributed by atoms with Crippen molar-refractivity contribution in [2.75, 3.05) is 7.11 Å². The van der Waals surface area contributed by atoms with Crippen molar-refractivity contribution in [3.63, 3.8) is 0 Å². The predicted molar refractivity (Wildman–Crippen MR) is 113 cm³/mol. The van der Waals surface area contributed by atoms with Gasteiger partial charge in [-0.3, -0.25) is 4.79 Å². The van der Waals surface area contributed by atoms with E-state index >= 15 is 0 Å². The van der Waals surface area contributed by atoms with Crippen LogP contribution in [-0.4, -0.2) is 27.8 Å². The number of hydrogen-bond acceptors (Lipinski definition) is 7. The predicted octanol–water partition coefficient (Wildman–Crippen LogP) is 4.88. The number of rotatable bonds is 5. The van der Waals surface area contributed by atoms with Gasteiger partial charge < -0.3 is 4.74 Å². The first-order valence-corrected chi connectivity index (χ1v) is 13.8. The number of carbonyl (C=O) groups excluding carboxylic acids is 1. The molecule has 1 aromatic carbocycles. The minimum Gasteiger partial charge on any atom is -0.469 e. The van der Waals surface area contributed by atoms with Crippen LogP contribution in [0.1, 0.15) is 5.56 Å². The van der Waals surface area contributed by atoms with Crippen molar-refractivity contribution in [1.82, 2.24) is 14.8 Å². The number of carbonyl (C=O) groups is 1. The normalized spacial score (nSPS) is 14.7. The van der Waals surface area contributed by atoms with Crippen molar-refractivity contribution >= 4 is 44.4 Å². The molecule has 3 heterocycles. The molecule has 0 unspecified atom stereocenters. The molecule has 0 atom stereocenters. The van der Waals surface area contributed by atoms with Gasteiger partial charge in [-0.05, 0) is 53.2 Å². The minimum atomic E-state index is -0.272. The summed E-state index contributed by atoms with van der Waals surface area (Å²) in [6, 6.07) is 12.4. The molecule has 0 N–H and O–H groups in total. The highest BCUT2D eigenvalue weighted by molar-refractivity contribution is 9.63. The van der Waals surface area contributed by atoms with Crippen LogP contribution in [0, 0.1) is 0 Å². The molecular formula is C17H15N3O2S4. The average Bonchev–Trinajstić information content (AvgIpc) is 3.09. The Morgan fingerprint density at radius 3 is 2.73 bits per heavy atom. The zero-order valence-electron chi connectivity index (χ0n) is 13.7. The average molecular weight is 422 g/mol. The summed E-state index contributed by atoms with van der Waals surface area (Å²) in [5.74, 6) is -0.268. The molecule has 1 aliphatic rings. The van der Waals surface area contributed by atoms with Crippen molar-refractivity contribution < 1.29 is 9.53 Å². The van der Waals surface area contributed by atoms with Crippen LogP contribution in [-0.2, 0) is 16.0 Å².